The van der Waals surface area contributed by atoms with Gasteiger partial charge in [-0.15, -0.1) is 0 Å². The highest BCUT2D eigenvalue weighted by atomic mass is 32.1. The zero-order chi connectivity index (χ0) is 18.4. The molecule has 2 rings (SSSR count). The number of methoxy groups -OCH3 is 2. The minimum absolute atomic E-state index is 0.0464. The van der Waals surface area contributed by atoms with Crippen LogP contribution in [-0.2, 0) is 17.8 Å². The predicted molar refractivity (Wildman–Crippen MR) is 102 cm³/mol. The summed E-state index contributed by atoms with van der Waals surface area (Å²) in [5.41, 5.74) is 3.53. The van der Waals surface area contributed by atoms with Crippen LogP contribution in [0.25, 0.3) is 0 Å². The average molecular weight is 361 g/mol. The van der Waals surface area contributed by atoms with Crippen molar-refractivity contribution in [2.24, 2.45) is 0 Å². The molecule has 2 aromatic carbocycles. The van der Waals surface area contributed by atoms with E-state index in [1.807, 2.05) is 19.1 Å². The number of hydroxylamine groups is 1. The second kappa shape index (κ2) is 8.69. The molecule has 0 bridgehead atoms. The van der Waals surface area contributed by atoms with E-state index < -0.39 is 0 Å². The Balaban J connectivity index is 2.26. The summed E-state index contributed by atoms with van der Waals surface area (Å²) in [5.74, 6) is 1.46. The Hall–Kier alpha value is -2.31. The molecule has 1 N–H and O–H groups in total. The number of aryl methyl sites for hydroxylation is 2. The average Bonchev–Trinajstić information content (AvgIpc) is 2.65. The third kappa shape index (κ3) is 4.61. The van der Waals surface area contributed by atoms with E-state index in [0.717, 1.165) is 28.4 Å². The third-order valence-electron chi connectivity index (χ3n) is 3.89. The number of hydrogen-bond acceptors (Lipinski definition) is 5. The Morgan fingerprint density at radius 2 is 1.92 bits per heavy atom. The predicted octanol–water partition coefficient (Wildman–Crippen LogP) is 4.27. The molecule has 0 heterocycles. The lowest BCUT2D eigenvalue weighted by molar-refractivity contribution is 0.264. The Kier molecular flexibility index (Phi) is 6.61. The molecule has 6 heteroatoms. The molecule has 5 nitrogen and oxygen atoms in total. The summed E-state index contributed by atoms with van der Waals surface area (Å²) in [6.45, 7) is 4.38. The minimum Gasteiger partial charge on any atom is -0.497 e. The van der Waals surface area contributed by atoms with E-state index in [1.165, 1.54) is 12.7 Å². The van der Waals surface area contributed by atoms with Gasteiger partial charge in [0.25, 0.3) is 5.17 Å². The second-order valence-electron chi connectivity index (χ2n) is 5.52. The first-order valence-electron chi connectivity index (χ1n) is 7.96. The Morgan fingerprint density at radius 3 is 2.52 bits per heavy atom. The summed E-state index contributed by atoms with van der Waals surface area (Å²) in [5, 5.41) is 11.0. The molecule has 0 aromatic heterocycles. The molecule has 0 fully saturated rings. The molecule has 0 saturated carbocycles. The molecule has 25 heavy (non-hydrogen) atoms. The number of hydrogen-bond donors (Lipinski definition) is 1. The second-order valence-corrected chi connectivity index (χ2v) is 5.87. The Morgan fingerprint density at radius 1 is 1.16 bits per heavy atom. The maximum atomic E-state index is 10.2. The van der Waals surface area contributed by atoms with Crippen LogP contribution in [0, 0.1) is 6.92 Å². The minimum atomic E-state index is -0.0464. The van der Waals surface area contributed by atoms with Crippen molar-refractivity contribution >= 4 is 23.1 Å². The topological polar surface area (TPSA) is 51.2 Å². The standard InChI is InChI=1S/C19H23NO4S/c1-5-14-6-9-18(13(2)10-14)24-12-15-11-16(22-3)7-8-17(15)20(21)19(25)23-4/h6-11,21H,5,12H2,1-4H3. The van der Waals surface area contributed by atoms with E-state index in [-0.39, 0.29) is 11.8 Å². The molecule has 0 amide bonds. The van der Waals surface area contributed by atoms with Gasteiger partial charge in [0.05, 0.1) is 19.9 Å². The van der Waals surface area contributed by atoms with Crippen molar-refractivity contribution in [3.63, 3.8) is 0 Å². The quantitative estimate of drug-likeness (QED) is 0.612. The van der Waals surface area contributed by atoms with E-state index in [9.17, 15) is 5.21 Å². The fraction of sp³-hybridized carbons (Fsp3) is 0.316. The van der Waals surface area contributed by atoms with Gasteiger partial charge in [0, 0.05) is 5.56 Å². The maximum absolute atomic E-state index is 10.2. The van der Waals surface area contributed by atoms with Crippen molar-refractivity contribution in [1.29, 1.82) is 0 Å². The lowest BCUT2D eigenvalue weighted by Gasteiger charge is -2.20. The Labute approximate surface area is 153 Å². The fourth-order valence-electron chi connectivity index (χ4n) is 2.44. The van der Waals surface area contributed by atoms with Crippen LogP contribution in [0.15, 0.2) is 36.4 Å². The highest BCUT2D eigenvalue weighted by Crippen LogP contribution is 2.28. The van der Waals surface area contributed by atoms with Crippen molar-refractivity contribution in [3.05, 3.63) is 53.1 Å². The summed E-state index contributed by atoms with van der Waals surface area (Å²) in [4.78, 5) is 0. The number of nitrogens with zero attached hydrogens (tertiary/aromatic N) is 1. The maximum Gasteiger partial charge on any atom is 0.288 e. The van der Waals surface area contributed by atoms with Crippen LogP contribution < -0.4 is 14.5 Å². The van der Waals surface area contributed by atoms with Gasteiger partial charge < -0.3 is 14.2 Å². The third-order valence-corrected chi connectivity index (χ3v) is 4.23. The van der Waals surface area contributed by atoms with Crippen LogP contribution in [0.5, 0.6) is 11.5 Å². The van der Waals surface area contributed by atoms with Crippen LogP contribution in [-0.4, -0.2) is 24.6 Å². The number of rotatable bonds is 6. The first kappa shape index (κ1) is 19.0. The van der Waals surface area contributed by atoms with Gasteiger partial charge in [-0.1, -0.05) is 19.1 Å². The summed E-state index contributed by atoms with van der Waals surface area (Å²) in [7, 11) is 2.99. The zero-order valence-electron chi connectivity index (χ0n) is 14.9. The van der Waals surface area contributed by atoms with Crippen molar-refractivity contribution in [3.8, 4) is 11.5 Å². The number of thiocarbonyl (C=S) groups is 1. The van der Waals surface area contributed by atoms with Crippen molar-refractivity contribution < 1.29 is 19.4 Å². The molecular formula is C19H23NO4S. The smallest absolute Gasteiger partial charge is 0.288 e. The van der Waals surface area contributed by atoms with Crippen LogP contribution in [0.2, 0.25) is 0 Å². The first-order chi connectivity index (χ1) is 12.0. The van der Waals surface area contributed by atoms with Crippen molar-refractivity contribution in [2.75, 3.05) is 19.3 Å². The van der Waals surface area contributed by atoms with Gasteiger partial charge in [0.15, 0.2) is 0 Å². The molecule has 0 unspecified atom stereocenters. The van der Waals surface area contributed by atoms with E-state index in [2.05, 4.69) is 13.0 Å². The van der Waals surface area contributed by atoms with Gasteiger partial charge >= 0.3 is 0 Å². The van der Waals surface area contributed by atoms with Crippen LogP contribution in [0.3, 0.4) is 0 Å². The monoisotopic (exact) mass is 361 g/mol. The number of benzene rings is 2. The summed E-state index contributed by atoms with van der Waals surface area (Å²) in [6.07, 6.45) is 0.981. The number of anilines is 1. The molecule has 0 aliphatic heterocycles. The number of ether oxygens (including phenoxy) is 3. The molecule has 134 valence electrons. The van der Waals surface area contributed by atoms with Gasteiger partial charge in [-0.2, -0.15) is 5.06 Å². The molecule has 2 aromatic rings. The lowest BCUT2D eigenvalue weighted by atomic mass is 10.1. The van der Waals surface area contributed by atoms with E-state index in [0.29, 0.717) is 11.4 Å². The van der Waals surface area contributed by atoms with Gasteiger partial charge in [-0.25, -0.2) is 0 Å². The van der Waals surface area contributed by atoms with Crippen molar-refractivity contribution in [1.82, 2.24) is 0 Å². The Bertz CT molecular complexity index is 748. The van der Waals surface area contributed by atoms with Crippen molar-refractivity contribution in [2.45, 2.75) is 26.9 Å². The summed E-state index contributed by atoms with van der Waals surface area (Å²) in [6, 6.07) is 11.4. The SMILES string of the molecule is CCc1ccc(OCc2cc(OC)ccc2N(O)C(=S)OC)c(C)c1. The molecule has 0 atom stereocenters. The van der Waals surface area contributed by atoms with E-state index in [1.54, 1.807) is 25.3 Å². The first-order valence-corrected chi connectivity index (χ1v) is 8.37. The van der Waals surface area contributed by atoms with Crippen LogP contribution in [0.1, 0.15) is 23.6 Å². The summed E-state index contributed by atoms with van der Waals surface area (Å²) < 4.78 is 16.1. The fourth-order valence-corrected chi connectivity index (χ4v) is 2.54. The normalized spacial score (nSPS) is 10.3. The highest BCUT2D eigenvalue weighted by molar-refractivity contribution is 7.80. The largest absolute Gasteiger partial charge is 0.497 e. The molecule has 0 aliphatic rings. The van der Waals surface area contributed by atoms with Crippen LogP contribution in [0.4, 0.5) is 5.69 Å². The summed E-state index contributed by atoms with van der Waals surface area (Å²) >= 11 is 4.99. The molecule has 0 aliphatic carbocycles. The zero-order valence-corrected chi connectivity index (χ0v) is 15.7. The van der Waals surface area contributed by atoms with Crippen LogP contribution >= 0.6 is 12.2 Å². The van der Waals surface area contributed by atoms with Gasteiger partial charge in [-0.3, -0.25) is 5.21 Å². The lowest BCUT2D eigenvalue weighted by Crippen LogP contribution is -2.27. The highest BCUT2D eigenvalue weighted by Gasteiger charge is 2.16. The molecule has 0 radical (unpaired) electrons. The van der Waals surface area contributed by atoms with Gasteiger partial charge in [0.1, 0.15) is 18.1 Å². The molecule has 0 saturated heterocycles. The molecule has 0 spiro atoms. The molecular weight excluding hydrogens is 338 g/mol. The van der Waals surface area contributed by atoms with E-state index in [4.69, 9.17) is 26.4 Å². The van der Waals surface area contributed by atoms with Gasteiger partial charge in [0.2, 0.25) is 0 Å². The van der Waals surface area contributed by atoms with Gasteiger partial charge in [-0.05, 0) is 61.0 Å². The van der Waals surface area contributed by atoms with E-state index >= 15 is 0 Å².